The third kappa shape index (κ3) is 5.57. The Hall–Kier alpha value is -2.40. The van der Waals surface area contributed by atoms with Crippen molar-refractivity contribution >= 4 is 21.4 Å². The SMILES string of the molecule is CCCN(C(=O)c1cc(OC)c(OCCOC)cc1[N+](=O)[O-])C1CCS(=O)(=O)C1. The van der Waals surface area contributed by atoms with Gasteiger partial charge in [-0.3, -0.25) is 14.9 Å². The number of nitro benzene ring substituents is 1. The molecule has 0 saturated carbocycles. The van der Waals surface area contributed by atoms with Crippen molar-refractivity contribution in [3.8, 4) is 11.5 Å². The molecule has 0 spiro atoms. The summed E-state index contributed by atoms with van der Waals surface area (Å²) >= 11 is 0. The van der Waals surface area contributed by atoms with Crippen LogP contribution in [0.5, 0.6) is 11.5 Å². The number of sulfone groups is 1. The predicted molar refractivity (Wildman–Crippen MR) is 105 cm³/mol. The average Bonchev–Trinajstić information content (AvgIpc) is 3.04. The van der Waals surface area contributed by atoms with E-state index in [0.29, 0.717) is 19.4 Å². The maximum atomic E-state index is 13.2. The molecule has 1 saturated heterocycles. The van der Waals surface area contributed by atoms with Gasteiger partial charge in [-0.05, 0) is 12.8 Å². The van der Waals surface area contributed by atoms with E-state index in [1.54, 1.807) is 0 Å². The maximum absolute atomic E-state index is 13.2. The molecule has 1 aliphatic heterocycles. The molecule has 1 aliphatic rings. The largest absolute Gasteiger partial charge is 0.493 e. The summed E-state index contributed by atoms with van der Waals surface area (Å²) in [6.45, 7) is 2.58. The first-order chi connectivity index (χ1) is 13.7. The summed E-state index contributed by atoms with van der Waals surface area (Å²) in [7, 11) is -0.354. The van der Waals surface area contributed by atoms with Crippen LogP contribution in [-0.2, 0) is 14.6 Å². The molecular weight excluding hydrogens is 404 g/mol. The van der Waals surface area contributed by atoms with Gasteiger partial charge < -0.3 is 19.1 Å². The predicted octanol–water partition coefficient (Wildman–Crippen LogP) is 1.67. The van der Waals surface area contributed by atoms with E-state index in [4.69, 9.17) is 14.2 Å². The van der Waals surface area contributed by atoms with E-state index in [1.165, 1.54) is 25.2 Å². The second-order valence-electron chi connectivity index (χ2n) is 6.67. The fourth-order valence-electron chi connectivity index (χ4n) is 3.25. The Kier molecular flexibility index (Phi) is 7.80. The summed E-state index contributed by atoms with van der Waals surface area (Å²) in [5, 5.41) is 11.6. The van der Waals surface area contributed by atoms with Gasteiger partial charge in [0, 0.05) is 25.8 Å². The number of nitro groups is 1. The number of amides is 1. The Morgan fingerprint density at radius 2 is 2.00 bits per heavy atom. The molecule has 1 amide bonds. The van der Waals surface area contributed by atoms with Gasteiger partial charge in [0.15, 0.2) is 21.3 Å². The van der Waals surface area contributed by atoms with E-state index < -0.39 is 32.4 Å². The first kappa shape index (κ1) is 22.9. The van der Waals surface area contributed by atoms with Crippen LogP contribution in [0.25, 0.3) is 0 Å². The number of nitrogens with zero attached hydrogens (tertiary/aromatic N) is 2. The molecule has 162 valence electrons. The lowest BCUT2D eigenvalue weighted by molar-refractivity contribution is -0.385. The van der Waals surface area contributed by atoms with Gasteiger partial charge in [0.1, 0.15) is 12.2 Å². The maximum Gasteiger partial charge on any atom is 0.286 e. The van der Waals surface area contributed by atoms with Gasteiger partial charge in [-0.15, -0.1) is 0 Å². The van der Waals surface area contributed by atoms with Crippen LogP contribution in [0.1, 0.15) is 30.1 Å². The summed E-state index contributed by atoms with van der Waals surface area (Å²) in [6.07, 6.45) is 0.905. The molecule has 1 fully saturated rings. The van der Waals surface area contributed by atoms with Crippen molar-refractivity contribution in [3.05, 3.63) is 27.8 Å². The molecule has 0 aliphatic carbocycles. The minimum Gasteiger partial charge on any atom is -0.493 e. The van der Waals surface area contributed by atoms with Gasteiger partial charge in [-0.1, -0.05) is 6.92 Å². The molecule has 1 unspecified atom stereocenters. The molecule has 0 bridgehead atoms. The highest BCUT2D eigenvalue weighted by atomic mass is 32.2. The van der Waals surface area contributed by atoms with E-state index in [9.17, 15) is 23.3 Å². The lowest BCUT2D eigenvalue weighted by Gasteiger charge is -2.28. The molecule has 0 aromatic heterocycles. The van der Waals surface area contributed by atoms with Crippen molar-refractivity contribution in [2.45, 2.75) is 25.8 Å². The zero-order valence-electron chi connectivity index (χ0n) is 16.8. The summed E-state index contributed by atoms with van der Waals surface area (Å²) in [4.78, 5) is 25.6. The standard InChI is InChI=1S/C18H26N2O8S/c1-4-6-19(13-5-9-29(24,25)12-13)18(21)14-10-16(27-3)17(28-8-7-26-2)11-15(14)20(22)23/h10-11,13H,4-9,12H2,1-3H3. The second kappa shape index (κ2) is 9.88. The van der Waals surface area contributed by atoms with Crippen molar-refractivity contribution in [2.24, 2.45) is 0 Å². The molecule has 2 rings (SSSR count). The molecule has 1 aromatic carbocycles. The van der Waals surface area contributed by atoms with Crippen LogP contribution < -0.4 is 9.47 Å². The molecule has 0 radical (unpaired) electrons. The van der Waals surface area contributed by atoms with E-state index >= 15 is 0 Å². The van der Waals surface area contributed by atoms with Crippen LogP contribution in [0.15, 0.2) is 12.1 Å². The van der Waals surface area contributed by atoms with Gasteiger partial charge in [0.25, 0.3) is 11.6 Å². The van der Waals surface area contributed by atoms with Gasteiger partial charge in [0.2, 0.25) is 0 Å². The smallest absolute Gasteiger partial charge is 0.286 e. The zero-order valence-corrected chi connectivity index (χ0v) is 17.6. The third-order valence-electron chi connectivity index (χ3n) is 4.63. The highest BCUT2D eigenvalue weighted by molar-refractivity contribution is 7.91. The number of benzene rings is 1. The van der Waals surface area contributed by atoms with E-state index in [1.807, 2.05) is 6.92 Å². The van der Waals surface area contributed by atoms with Gasteiger partial charge in [-0.25, -0.2) is 8.42 Å². The van der Waals surface area contributed by atoms with Crippen LogP contribution in [0.2, 0.25) is 0 Å². The molecule has 1 heterocycles. The van der Waals surface area contributed by atoms with Crippen molar-refractivity contribution in [1.82, 2.24) is 4.90 Å². The highest BCUT2D eigenvalue weighted by Crippen LogP contribution is 2.36. The quantitative estimate of drug-likeness (QED) is 0.312. The molecular formula is C18H26N2O8S. The fraction of sp³-hybridized carbons (Fsp3) is 0.611. The monoisotopic (exact) mass is 430 g/mol. The second-order valence-corrected chi connectivity index (χ2v) is 8.90. The Morgan fingerprint density at radius 1 is 1.28 bits per heavy atom. The van der Waals surface area contributed by atoms with Crippen molar-refractivity contribution < 1.29 is 32.3 Å². The van der Waals surface area contributed by atoms with Crippen LogP contribution in [0.3, 0.4) is 0 Å². The summed E-state index contributed by atoms with van der Waals surface area (Å²) in [6, 6.07) is 1.92. The number of hydrogen-bond donors (Lipinski definition) is 0. The Labute approximate surface area is 169 Å². The van der Waals surface area contributed by atoms with Crippen LogP contribution in [0.4, 0.5) is 5.69 Å². The summed E-state index contributed by atoms with van der Waals surface area (Å²) in [5.41, 5.74) is -0.589. The van der Waals surface area contributed by atoms with Crippen LogP contribution in [-0.4, -0.2) is 75.7 Å². The van der Waals surface area contributed by atoms with Crippen LogP contribution >= 0.6 is 0 Å². The molecule has 11 heteroatoms. The lowest BCUT2D eigenvalue weighted by atomic mass is 10.1. The average molecular weight is 430 g/mol. The number of carbonyl (C=O) groups is 1. The Balaban J connectivity index is 2.43. The number of methoxy groups -OCH3 is 2. The number of hydrogen-bond acceptors (Lipinski definition) is 8. The molecule has 10 nitrogen and oxygen atoms in total. The highest BCUT2D eigenvalue weighted by Gasteiger charge is 2.37. The third-order valence-corrected chi connectivity index (χ3v) is 6.38. The number of rotatable bonds is 10. The van der Waals surface area contributed by atoms with Gasteiger partial charge >= 0.3 is 0 Å². The molecule has 1 atom stereocenters. The lowest BCUT2D eigenvalue weighted by Crippen LogP contribution is -2.41. The van der Waals surface area contributed by atoms with Crippen molar-refractivity contribution in [3.63, 3.8) is 0 Å². The zero-order chi connectivity index (χ0) is 21.6. The summed E-state index contributed by atoms with van der Waals surface area (Å²) in [5.74, 6) is -0.434. The minimum atomic E-state index is -3.22. The molecule has 0 N–H and O–H groups in total. The van der Waals surface area contributed by atoms with E-state index in [-0.39, 0.29) is 41.8 Å². The first-order valence-electron chi connectivity index (χ1n) is 9.23. The number of ether oxygens (including phenoxy) is 3. The topological polar surface area (TPSA) is 125 Å². The normalized spacial score (nSPS) is 17.7. The molecule has 29 heavy (non-hydrogen) atoms. The first-order valence-corrected chi connectivity index (χ1v) is 11.1. The summed E-state index contributed by atoms with van der Waals surface area (Å²) < 4.78 is 39.3. The molecule has 1 aromatic rings. The fourth-order valence-corrected chi connectivity index (χ4v) is 4.98. The number of carbonyl (C=O) groups excluding carboxylic acids is 1. The Morgan fingerprint density at radius 3 is 2.52 bits per heavy atom. The van der Waals surface area contributed by atoms with E-state index in [0.717, 1.165) is 6.07 Å². The van der Waals surface area contributed by atoms with Crippen LogP contribution in [0, 0.1) is 10.1 Å². The van der Waals surface area contributed by atoms with Crippen molar-refractivity contribution in [2.75, 3.05) is 45.5 Å². The Bertz CT molecular complexity index is 856. The van der Waals surface area contributed by atoms with Crippen molar-refractivity contribution in [1.29, 1.82) is 0 Å². The minimum absolute atomic E-state index is 0.00283. The van der Waals surface area contributed by atoms with Gasteiger partial charge in [-0.2, -0.15) is 0 Å². The van der Waals surface area contributed by atoms with Gasteiger partial charge in [0.05, 0.1) is 36.2 Å². The van der Waals surface area contributed by atoms with E-state index in [2.05, 4.69) is 0 Å².